The Kier molecular flexibility index (Phi) is 3.65. The second kappa shape index (κ2) is 5.60. The number of nitrogens with zero attached hydrogens (tertiary/aromatic N) is 1. The van der Waals surface area contributed by atoms with Crippen LogP contribution in [0.2, 0.25) is 0 Å². The van der Waals surface area contributed by atoms with E-state index >= 15 is 0 Å². The van der Waals surface area contributed by atoms with Crippen molar-refractivity contribution < 1.29 is 9.53 Å². The van der Waals surface area contributed by atoms with Crippen molar-refractivity contribution in [3.05, 3.63) is 59.2 Å². The summed E-state index contributed by atoms with van der Waals surface area (Å²) in [7, 11) is 1.61. The zero-order chi connectivity index (χ0) is 14.8. The molecule has 0 amide bonds. The average molecular weight is 281 g/mol. The molecule has 0 radical (unpaired) electrons. The first-order chi connectivity index (χ1) is 10.2. The summed E-state index contributed by atoms with van der Waals surface area (Å²) >= 11 is 0. The third-order valence-corrected chi connectivity index (χ3v) is 3.98. The summed E-state index contributed by atoms with van der Waals surface area (Å²) < 4.78 is 5.34. The molecule has 2 aromatic carbocycles. The predicted octanol–water partition coefficient (Wildman–Crippen LogP) is 3.25. The molecule has 0 bridgehead atoms. The van der Waals surface area contributed by atoms with Gasteiger partial charge in [0.05, 0.1) is 19.2 Å². The van der Waals surface area contributed by atoms with Crippen LogP contribution in [0.1, 0.15) is 21.5 Å². The van der Waals surface area contributed by atoms with Gasteiger partial charge < -0.3 is 9.64 Å². The minimum atomic E-state index is 0.101. The molecule has 0 aromatic heterocycles. The van der Waals surface area contributed by atoms with Gasteiger partial charge in [-0.2, -0.15) is 0 Å². The van der Waals surface area contributed by atoms with Gasteiger partial charge in [-0.1, -0.05) is 24.3 Å². The molecule has 3 heteroatoms. The normalized spacial score (nSPS) is 13.1. The van der Waals surface area contributed by atoms with Crippen LogP contribution < -0.4 is 9.64 Å². The number of benzene rings is 2. The summed E-state index contributed by atoms with van der Waals surface area (Å²) in [6, 6.07) is 14.0. The number of rotatable bonds is 4. The van der Waals surface area contributed by atoms with Crippen LogP contribution >= 0.6 is 0 Å². The smallest absolute Gasteiger partial charge is 0.185 e. The molecule has 0 unspecified atom stereocenters. The van der Waals surface area contributed by atoms with E-state index in [0.29, 0.717) is 17.9 Å². The number of hydrogen-bond donors (Lipinski definition) is 0. The van der Waals surface area contributed by atoms with Gasteiger partial charge >= 0.3 is 0 Å². The Morgan fingerprint density at radius 2 is 2.05 bits per heavy atom. The van der Waals surface area contributed by atoms with Crippen molar-refractivity contribution in [2.24, 2.45) is 0 Å². The molecule has 3 rings (SSSR count). The third kappa shape index (κ3) is 2.64. The maximum absolute atomic E-state index is 12.6. The summed E-state index contributed by atoms with van der Waals surface area (Å²) in [5.41, 5.74) is 4.25. The van der Waals surface area contributed by atoms with E-state index in [-0.39, 0.29) is 5.78 Å². The Bertz CT molecular complexity index is 679. The first-order valence-electron chi connectivity index (χ1n) is 7.20. The first kappa shape index (κ1) is 13.7. The molecule has 3 nitrogen and oxygen atoms in total. The van der Waals surface area contributed by atoms with E-state index in [0.717, 1.165) is 18.5 Å². The summed E-state index contributed by atoms with van der Waals surface area (Å²) in [4.78, 5) is 14.7. The Balaban J connectivity index is 1.82. The van der Waals surface area contributed by atoms with Gasteiger partial charge in [0.15, 0.2) is 5.78 Å². The van der Waals surface area contributed by atoms with Gasteiger partial charge in [0.1, 0.15) is 5.75 Å². The number of Topliss-reactive ketones (excluding diaryl/α,β-unsaturated/α-hetero) is 1. The van der Waals surface area contributed by atoms with E-state index in [9.17, 15) is 4.79 Å². The van der Waals surface area contributed by atoms with Crippen molar-refractivity contribution in [2.75, 3.05) is 25.1 Å². The van der Waals surface area contributed by atoms with Crippen LogP contribution in [0.15, 0.2) is 42.5 Å². The van der Waals surface area contributed by atoms with Crippen molar-refractivity contribution in [1.82, 2.24) is 0 Å². The largest absolute Gasteiger partial charge is 0.496 e. The molecular formula is C18H19NO2. The van der Waals surface area contributed by atoms with E-state index < -0.39 is 0 Å². The first-order valence-corrected chi connectivity index (χ1v) is 7.20. The van der Waals surface area contributed by atoms with Gasteiger partial charge in [0.2, 0.25) is 0 Å². The van der Waals surface area contributed by atoms with Gasteiger partial charge in [0.25, 0.3) is 0 Å². The number of anilines is 1. The minimum Gasteiger partial charge on any atom is -0.496 e. The van der Waals surface area contributed by atoms with Gasteiger partial charge in [-0.15, -0.1) is 0 Å². The van der Waals surface area contributed by atoms with Crippen molar-refractivity contribution >= 4 is 11.5 Å². The van der Waals surface area contributed by atoms with Crippen molar-refractivity contribution in [2.45, 2.75) is 13.3 Å². The lowest BCUT2D eigenvalue weighted by molar-refractivity contribution is 0.0996. The third-order valence-electron chi connectivity index (χ3n) is 3.98. The fourth-order valence-corrected chi connectivity index (χ4v) is 2.86. The van der Waals surface area contributed by atoms with Gasteiger partial charge in [-0.3, -0.25) is 4.79 Å². The summed E-state index contributed by atoms with van der Waals surface area (Å²) in [5.74, 6) is 0.760. The number of para-hydroxylation sites is 1. The summed E-state index contributed by atoms with van der Waals surface area (Å²) in [5, 5.41) is 0. The monoisotopic (exact) mass is 281 g/mol. The lowest BCUT2D eigenvalue weighted by atomic mass is 10.1. The zero-order valence-electron chi connectivity index (χ0n) is 12.4. The highest BCUT2D eigenvalue weighted by molar-refractivity contribution is 6.01. The van der Waals surface area contributed by atoms with E-state index in [2.05, 4.69) is 17.0 Å². The molecule has 1 heterocycles. The number of aryl methyl sites for hydroxylation is 1. The topological polar surface area (TPSA) is 29.5 Å². The van der Waals surface area contributed by atoms with Crippen LogP contribution in [0.25, 0.3) is 0 Å². The highest BCUT2D eigenvalue weighted by Crippen LogP contribution is 2.28. The number of carbonyl (C=O) groups excluding carboxylic acids is 1. The molecule has 1 aliphatic heterocycles. The molecular weight excluding hydrogens is 262 g/mol. The van der Waals surface area contributed by atoms with Crippen LogP contribution in [-0.2, 0) is 6.42 Å². The highest BCUT2D eigenvalue weighted by Gasteiger charge is 2.22. The van der Waals surface area contributed by atoms with Crippen LogP contribution in [0, 0.1) is 6.92 Å². The average Bonchev–Trinajstić information content (AvgIpc) is 2.90. The van der Waals surface area contributed by atoms with Crippen molar-refractivity contribution in [1.29, 1.82) is 0 Å². The molecule has 0 saturated heterocycles. The molecule has 108 valence electrons. The SMILES string of the molecule is COc1cc(C)ccc1C(=O)CN1CCc2ccccc21. The molecule has 21 heavy (non-hydrogen) atoms. The Morgan fingerprint density at radius 3 is 2.86 bits per heavy atom. The maximum Gasteiger partial charge on any atom is 0.185 e. The predicted molar refractivity (Wildman–Crippen MR) is 84.4 cm³/mol. The lowest BCUT2D eigenvalue weighted by Gasteiger charge is -2.19. The Morgan fingerprint density at radius 1 is 1.24 bits per heavy atom. The van der Waals surface area contributed by atoms with E-state index in [1.165, 1.54) is 11.3 Å². The number of fused-ring (bicyclic) bond motifs is 1. The van der Waals surface area contributed by atoms with E-state index in [1.807, 2.05) is 37.3 Å². The number of ketones is 1. The molecule has 0 saturated carbocycles. The fourth-order valence-electron chi connectivity index (χ4n) is 2.86. The molecule has 0 spiro atoms. The second-order valence-corrected chi connectivity index (χ2v) is 5.43. The van der Waals surface area contributed by atoms with Gasteiger partial charge in [-0.25, -0.2) is 0 Å². The minimum absolute atomic E-state index is 0.101. The summed E-state index contributed by atoms with van der Waals surface area (Å²) in [6.45, 7) is 3.29. The highest BCUT2D eigenvalue weighted by atomic mass is 16.5. The zero-order valence-corrected chi connectivity index (χ0v) is 12.4. The van der Waals surface area contributed by atoms with Crippen molar-refractivity contribution in [3.8, 4) is 5.75 Å². The van der Waals surface area contributed by atoms with Crippen LogP contribution in [0.3, 0.4) is 0 Å². The molecule has 2 aromatic rings. The molecule has 1 aliphatic rings. The molecule has 0 atom stereocenters. The van der Waals surface area contributed by atoms with Crippen molar-refractivity contribution in [3.63, 3.8) is 0 Å². The maximum atomic E-state index is 12.6. The second-order valence-electron chi connectivity index (χ2n) is 5.43. The quantitative estimate of drug-likeness (QED) is 0.806. The lowest BCUT2D eigenvalue weighted by Crippen LogP contribution is -2.28. The number of carbonyl (C=O) groups is 1. The Hall–Kier alpha value is -2.29. The summed E-state index contributed by atoms with van der Waals surface area (Å²) in [6.07, 6.45) is 1.01. The van der Waals surface area contributed by atoms with E-state index in [1.54, 1.807) is 7.11 Å². The number of ether oxygens (including phenoxy) is 1. The van der Waals surface area contributed by atoms with E-state index in [4.69, 9.17) is 4.74 Å². The number of hydrogen-bond acceptors (Lipinski definition) is 3. The van der Waals surface area contributed by atoms with Crippen LogP contribution in [0.5, 0.6) is 5.75 Å². The fraction of sp³-hybridized carbons (Fsp3) is 0.278. The molecule has 0 N–H and O–H groups in total. The molecule has 0 fully saturated rings. The number of methoxy groups -OCH3 is 1. The Labute approximate surface area is 125 Å². The van der Waals surface area contributed by atoms with Gasteiger partial charge in [-0.05, 0) is 42.7 Å². The van der Waals surface area contributed by atoms with Gasteiger partial charge in [0, 0.05) is 12.2 Å². The standard InChI is InChI=1S/C18H19NO2/c1-13-7-8-15(18(11-13)21-2)17(20)12-19-10-9-14-5-3-4-6-16(14)19/h3-8,11H,9-10,12H2,1-2H3. The van der Waals surface area contributed by atoms with Crippen LogP contribution in [-0.4, -0.2) is 26.0 Å². The van der Waals surface area contributed by atoms with Crippen LogP contribution in [0.4, 0.5) is 5.69 Å². The molecule has 0 aliphatic carbocycles.